The van der Waals surface area contributed by atoms with E-state index in [0.717, 1.165) is 39.1 Å². The van der Waals surface area contributed by atoms with E-state index in [1.54, 1.807) is 0 Å². The minimum absolute atomic E-state index is 0.0207. The van der Waals surface area contributed by atoms with Crippen molar-refractivity contribution < 1.29 is 9.53 Å². The van der Waals surface area contributed by atoms with E-state index in [-0.39, 0.29) is 17.9 Å². The minimum Gasteiger partial charge on any atom is -0.462 e. The molecule has 5 nitrogen and oxygen atoms in total. The summed E-state index contributed by atoms with van der Waals surface area (Å²) in [6.45, 7) is 4.01. The first-order chi connectivity index (χ1) is 16.9. The van der Waals surface area contributed by atoms with Crippen LogP contribution in [-0.4, -0.2) is 23.3 Å². The van der Waals surface area contributed by atoms with E-state index in [9.17, 15) is 4.79 Å². The Kier molecular flexibility index (Phi) is 7.23. The lowest BCUT2D eigenvalue weighted by atomic mass is 9.77. The van der Waals surface area contributed by atoms with Crippen LogP contribution in [0.25, 0.3) is 6.08 Å². The average Bonchev–Trinajstić information content (AvgIpc) is 3.43. The number of anilines is 1. The topological polar surface area (TPSA) is 54.8 Å². The second-order valence-corrected chi connectivity index (χ2v) is 11.5. The van der Waals surface area contributed by atoms with Crippen LogP contribution in [0.2, 0.25) is 0 Å². The minimum atomic E-state index is -0.325. The number of fused-ring (bicyclic) bond motifs is 1. The molecule has 5 rings (SSSR count). The number of aryl methyl sites for hydroxylation is 1. The molecule has 2 atom stereocenters. The summed E-state index contributed by atoms with van der Waals surface area (Å²) in [5, 5.41) is 7.93. The van der Waals surface area contributed by atoms with Crippen LogP contribution in [0.4, 0.5) is 5.13 Å². The van der Waals surface area contributed by atoms with Crippen LogP contribution >= 0.6 is 43.2 Å². The summed E-state index contributed by atoms with van der Waals surface area (Å²) in [5.41, 5.74) is 5.43. The fourth-order valence-corrected chi connectivity index (χ4v) is 6.25. The first-order valence-electron chi connectivity index (χ1n) is 11.7. The van der Waals surface area contributed by atoms with Gasteiger partial charge in [-0.05, 0) is 80.2 Å². The molecule has 0 spiro atoms. The molecule has 3 aromatic rings. The van der Waals surface area contributed by atoms with E-state index >= 15 is 0 Å². The maximum Gasteiger partial charge on any atom is 0.350 e. The molecule has 0 amide bonds. The van der Waals surface area contributed by atoms with E-state index in [1.807, 2.05) is 18.9 Å². The third-order valence-corrected chi connectivity index (χ3v) is 8.55. The Morgan fingerprint density at radius 3 is 2.51 bits per heavy atom. The van der Waals surface area contributed by atoms with Crippen molar-refractivity contribution in [2.75, 3.05) is 11.6 Å². The second-order valence-electron chi connectivity index (χ2n) is 8.68. The molecular weight excluding hydrogens is 590 g/mol. The van der Waals surface area contributed by atoms with Crippen molar-refractivity contribution in [1.29, 1.82) is 0 Å². The lowest BCUT2D eigenvalue weighted by Gasteiger charge is -2.29. The van der Waals surface area contributed by atoms with Crippen molar-refractivity contribution in [3.63, 3.8) is 0 Å². The zero-order chi connectivity index (χ0) is 24.5. The fourth-order valence-electron chi connectivity index (χ4n) is 4.78. The molecule has 2 aromatic carbocycles. The molecule has 0 N–H and O–H groups in total. The molecule has 0 bridgehead atoms. The molecule has 1 aromatic heterocycles. The Bertz CT molecular complexity index is 1300. The summed E-state index contributed by atoms with van der Waals surface area (Å²) >= 11 is 8.44. The Morgan fingerprint density at radius 1 is 1.14 bits per heavy atom. The lowest BCUT2D eigenvalue weighted by molar-refractivity contribution is 0.0531. The van der Waals surface area contributed by atoms with Gasteiger partial charge in [0, 0.05) is 14.9 Å². The number of carbonyl (C=O) groups excluding carboxylic acids is 1. The van der Waals surface area contributed by atoms with Crippen LogP contribution in [0.3, 0.4) is 0 Å². The van der Waals surface area contributed by atoms with E-state index < -0.39 is 0 Å². The summed E-state index contributed by atoms with van der Waals surface area (Å²) < 4.78 is 7.36. The van der Waals surface area contributed by atoms with Crippen LogP contribution in [0, 0.1) is 12.8 Å². The first kappa shape index (κ1) is 24.4. The quantitative estimate of drug-likeness (QED) is 0.274. The molecule has 0 saturated heterocycles. The second kappa shape index (κ2) is 10.4. The Morgan fingerprint density at radius 2 is 1.83 bits per heavy atom. The lowest BCUT2D eigenvalue weighted by Crippen LogP contribution is -2.28. The van der Waals surface area contributed by atoms with Crippen molar-refractivity contribution in [1.82, 2.24) is 4.98 Å². The third-order valence-electron chi connectivity index (χ3n) is 6.37. The average molecular weight is 615 g/mol. The first-order valence-corrected chi connectivity index (χ1v) is 14.1. The number of ether oxygens (including phenoxy) is 1. The number of rotatable bonds is 5. The number of benzene rings is 2. The van der Waals surface area contributed by atoms with Gasteiger partial charge in [0.1, 0.15) is 4.88 Å². The Balaban J connectivity index is 1.58. The summed E-state index contributed by atoms with van der Waals surface area (Å²) in [6.07, 6.45) is 5.43. The number of carbonyl (C=O) groups is 1. The van der Waals surface area contributed by atoms with E-state index in [0.29, 0.717) is 17.2 Å². The number of aromatic nitrogens is 1. The van der Waals surface area contributed by atoms with Gasteiger partial charge in [-0.3, -0.25) is 0 Å². The number of nitrogens with zero attached hydrogens (tertiary/aromatic N) is 3. The van der Waals surface area contributed by atoms with Crippen LogP contribution in [0.1, 0.15) is 58.7 Å². The molecule has 8 heteroatoms. The van der Waals surface area contributed by atoms with Crippen molar-refractivity contribution in [3.8, 4) is 0 Å². The SMILES string of the molecule is CCOC(=O)c1sc(N2N=C3/C(=C\c4ccc(Br)cc4)CCC[C@H]3[C@H]2c2ccc(Br)cc2)nc1C. The van der Waals surface area contributed by atoms with Crippen LogP contribution in [-0.2, 0) is 4.74 Å². The van der Waals surface area contributed by atoms with Crippen molar-refractivity contribution in [3.05, 3.63) is 84.7 Å². The molecule has 1 aliphatic carbocycles. The van der Waals surface area contributed by atoms with Gasteiger partial charge in [-0.1, -0.05) is 67.5 Å². The van der Waals surface area contributed by atoms with Gasteiger partial charge >= 0.3 is 5.97 Å². The summed E-state index contributed by atoms with van der Waals surface area (Å²) in [7, 11) is 0. The zero-order valence-electron chi connectivity index (χ0n) is 19.5. The molecule has 0 radical (unpaired) electrons. The van der Waals surface area contributed by atoms with E-state index in [1.165, 1.54) is 28.0 Å². The maximum atomic E-state index is 12.5. The van der Waals surface area contributed by atoms with Gasteiger partial charge in [-0.25, -0.2) is 14.8 Å². The van der Waals surface area contributed by atoms with Crippen molar-refractivity contribution in [2.24, 2.45) is 11.0 Å². The fraction of sp³-hybridized carbons (Fsp3) is 0.296. The number of halogens is 2. The molecule has 35 heavy (non-hydrogen) atoms. The molecule has 0 unspecified atom stereocenters. The molecule has 2 heterocycles. The molecule has 1 saturated carbocycles. The van der Waals surface area contributed by atoms with Gasteiger partial charge in [-0.15, -0.1) is 0 Å². The number of hydrogen-bond acceptors (Lipinski definition) is 6. The van der Waals surface area contributed by atoms with Gasteiger partial charge < -0.3 is 4.74 Å². The highest BCUT2D eigenvalue weighted by molar-refractivity contribution is 9.10. The number of hydrazone groups is 1. The van der Waals surface area contributed by atoms with E-state index in [2.05, 4.69) is 86.5 Å². The summed E-state index contributed by atoms with van der Waals surface area (Å²) in [4.78, 5) is 17.8. The van der Waals surface area contributed by atoms with Crippen LogP contribution < -0.4 is 5.01 Å². The molecule has 180 valence electrons. The van der Waals surface area contributed by atoms with Gasteiger partial charge in [-0.2, -0.15) is 5.10 Å². The predicted molar refractivity (Wildman–Crippen MR) is 149 cm³/mol. The highest BCUT2D eigenvalue weighted by Gasteiger charge is 2.43. The largest absolute Gasteiger partial charge is 0.462 e. The molecule has 1 fully saturated rings. The van der Waals surface area contributed by atoms with Crippen molar-refractivity contribution >= 4 is 66.1 Å². The van der Waals surface area contributed by atoms with Crippen molar-refractivity contribution in [2.45, 2.75) is 39.2 Å². The van der Waals surface area contributed by atoms with Gasteiger partial charge in [0.25, 0.3) is 0 Å². The number of esters is 1. The summed E-state index contributed by atoms with van der Waals surface area (Å²) in [6, 6.07) is 16.8. The third kappa shape index (κ3) is 5.01. The van der Waals surface area contributed by atoms with Crippen LogP contribution in [0.15, 0.2) is 68.2 Å². The highest BCUT2D eigenvalue weighted by atomic mass is 79.9. The highest BCUT2D eigenvalue weighted by Crippen LogP contribution is 2.47. The number of thiazole rings is 1. The van der Waals surface area contributed by atoms with Gasteiger partial charge in [0.15, 0.2) is 0 Å². The Hall–Kier alpha value is -2.29. The normalized spacial score (nSPS) is 20.6. The monoisotopic (exact) mass is 613 g/mol. The smallest absolute Gasteiger partial charge is 0.350 e. The summed E-state index contributed by atoms with van der Waals surface area (Å²) in [5.74, 6) is -0.0732. The van der Waals surface area contributed by atoms with E-state index in [4.69, 9.17) is 14.8 Å². The Labute approximate surface area is 226 Å². The maximum absolute atomic E-state index is 12.5. The number of hydrogen-bond donors (Lipinski definition) is 0. The zero-order valence-corrected chi connectivity index (χ0v) is 23.5. The van der Waals surface area contributed by atoms with Gasteiger partial charge in [0.2, 0.25) is 5.13 Å². The molecule has 1 aliphatic heterocycles. The molecular formula is C27H25Br2N3O2S. The molecule has 2 aliphatic rings. The predicted octanol–water partition coefficient (Wildman–Crippen LogP) is 7.95. The number of allylic oxidation sites excluding steroid dienone is 1. The standard InChI is InChI=1S/C27H25Br2N3O2S/c1-3-34-26(33)25-16(2)30-27(35-25)32-24(18-9-13-21(29)14-10-18)22-6-4-5-19(23(22)31-32)15-17-7-11-20(28)12-8-17/h7-15,22,24H,3-6H2,1-2H3/b19-15-/t22-,24-/m1/s1. The van der Waals surface area contributed by atoms with Gasteiger partial charge in [0.05, 0.1) is 24.1 Å². The van der Waals surface area contributed by atoms with Crippen LogP contribution in [0.5, 0.6) is 0 Å².